The summed E-state index contributed by atoms with van der Waals surface area (Å²) in [7, 11) is 1.80. The Hall–Kier alpha value is -1.96. The van der Waals surface area contributed by atoms with Crippen molar-refractivity contribution in [3.8, 4) is 11.3 Å². The monoisotopic (exact) mass is 294 g/mol. The molecule has 17 heavy (non-hydrogen) atoms. The lowest BCUT2D eigenvalue weighted by Crippen LogP contribution is -2.10. The highest BCUT2D eigenvalue weighted by atomic mass is 79.9. The molecule has 0 spiro atoms. The first-order chi connectivity index (χ1) is 8.18. The second-order valence-corrected chi connectivity index (χ2v) is 4.23. The van der Waals surface area contributed by atoms with Crippen LogP contribution in [0.5, 0.6) is 0 Å². The van der Waals surface area contributed by atoms with Crippen LogP contribution in [0, 0.1) is 0 Å². The number of halogens is 1. The van der Waals surface area contributed by atoms with Gasteiger partial charge in [0.15, 0.2) is 5.52 Å². The van der Waals surface area contributed by atoms with Gasteiger partial charge in [0.05, 0.1) is 11.8 Å². The number of hydrogen-bond donors (Lipinski definition) is 1. The average molecular weight is 295 g/mol. The molecule has 0 saturated heterocycles. The second-order valence-electron chi connectivity index (χ2n) is 3.48. The van der Waals surface area contributed by atoms with Crippen molar-refractivity contribution in [3.05, 3.63) is 33.8 Å². The summed E-state index contributed by atoms with van der Waals surface area (Å²) < 4.78 is 3.86. The van der Waals surface area contributed by atoms with Crippen molar-refractivity contribution in [2.75, 3.05) is 0 Å². The molecule has 0 unspecified atom stereocenters. The van der Waals surface area contributed by atoms with Gasteiger partial charge in [0.25, 0.3) is 5.56 Å². The summed E-state index contributed by atoms with van der Waals surface area (Å²) in [6.07, 6.45) is 4.48. The molecule has 0 aliphatic heterocycles. The van der Waals surface area contributed by atoms with E-state index in [0.717, 1.165) is 10.2 Å². The van der Waals surface area contributed by atoms with Crippen molar-refractivity contribution in [2.24, 2.45) is 7.05 Å². The number of aryl methyl sites for hydroxylation is 1. The minimum atomic E-state index is -0.233. The van der Waals surface area contributed by atoms with E-state index in [1.807, 2.05) is 0 Å². The lowest BCUT2D eigenvalue weighted by molar-refractivity contribution is 0.750. The van der Waals surface area contributed by atoms with Crippen LogP contribution in [0.4, 0.5) is 0 Å². The van der Waals surface area contributed by atoms with Crippen LogP contribution >= 0.6 is 15.9 Å². The van der Waals surface area contributed by atoms with Crippen LogP contribution in [0.25, 0.3) is 16.8 Å². The molecule has 1 N–H and O–H groups in total. The molecule has 0 aliphatic rings. The third kappa shape index (κ3) is 1.41. The van der Waals surface area contributed by atoms with Gasteiger partial charge in [-0.2, -0.15) is 10.2 Å². The maximum atomic E-state index is 11.8. The van der Waals surface area contributed by atoms with E-state index >= 15 is 0 Å². The fourth-order valence-electron chi connectivity index (χ4n) is 1.64. The smallest absolute Gasteiger partial charge is 0.277 e. The molecule has 0 saturated carbocycles. The van der Waals surface area contributed by atoms with Crippen molar-refractivity contribution < 1.29 is 0 Å². The summed E-state index contributed by atoms with van der Waals surface area (Å²) in [5.74, 6) is 0. The molecule has 86 valence electrons. The van der Waals surface area contributed by atoms with Crippen LogP contribution in [-0.4, -0.2) is 29.4 Å². The Morgan fingerprint density at radius 2 is 2.24 bits per heavy atom. The molecule has 3 aromatic rings. The van der Waals surface area contributed by atoms with Crippen molar-refractivity contribution in [2.45, 2.75) is 0 Å². The molecule has 7 nitrogen and oxygen atoms in total. The zero-order chi connectivity index (χ0) is 12.0. The number of rotatable bonds is 1. The highest BCUT2D eigenvalue weighted by Crippen LogP contribution is 2.27. The van der Waals surface area contributed by atoms with Gasteiger partial charge in [-0.05, 0) is 15.9 Å². The topological polar surface area (TPSA) is 80.9 Å². The lowest BCUT2D eigenvalue weighted by atomic mass is 10.2. The molecule has 0 bridgehead atoms. The summed E-state index contributed by atoms with van der Waals surface area (Å²) in [5, 5.41) is 8.08. The highest BCUT2D eigenvalue weighted by Gasteiger charge is 2.16. The molecule has 0 aromatic carbocycles. The van der Waals surface area contributed by atoms with Crippen molar-refractivity contribution >= 4 is 21.4 Å². The molecule has 3 heterocycles. The van der Waals surface area contributed by atoms with Gasteiger partial charge in [-0.25, -0.2) is 9.50 Å². The van der Waals surface area contributed by atoms with Crippen LogP contribution in [0.15, 0.2) is 28.2 Å². The van der Waals surface area contributed by atoms with E-state index in [0.29, 0.717) is 11.2 Å². The highest BCUT2D eigenvalue weighted by molar-refractivity contribution is 9.10. The number of hydrogen-bond acceptors (Lipinski definition) is 4. The van der Waals surface area contributed by atoms with Gasteiger partial charge in [-0.15, -0.1) is 0 Å². The second kappa shape index (κ2) is 3.52. The third-order valence-electron chi connectivity index (χ3n) is 2.46. The average Bonchev–Trinajstić information content (AvgIpc) is 2.86. The van der Waals surface area contributed by atoms with E-state index < -0.39 is 0 Å². The van der Waals surface area contributed by atoms with Crippen LogP contribution in [0.2, 0.25) is 0 Å². The molecule has 0 aliphatic carbocycles. The van der Waals surface area contributed by atoms with E-state index in [4.69, 9.17) is 0 Å². The molecular formula is C9H7BrN6O. The van der Waals surface area contributed by atoms with E-state index in [9.17, 15) is 4.79 Å². The molecule has 0 atom stereocenters. The number of H-pyrrole nitrogens is 1. The Morgan fingerprint density at radius 3 is 2.94 bits per heavy atom. The zero-order valence-corrected chi connectivity index (χ0v) is 10.3. The van der Waals surface area contributed by atoms with Crippen LogP contribution in [0.3, 0.4) is 0 Å². The fraction of sp³-hybridized carbons (Fsp3) is 0.111. The standard InChI is InChI=1S/C9H7BrN6O/c1-15-8(10)5(2-13-15)6-7-9(17)11-3-14-16(7)4-12-6/h2-4H,1H3,(H,11,14,17). The van der Waals surface area contributed by atoms with Gasteiger partial charge >= 0.3 is 0 Å². The van der Waals surface area contributed by atoms with Crippen molar-refractivity contribution in [1.82, 2.24) is 29.4 Å². The number of aromatic nitrogens is 6. The van der Waals surface area contributed by atoms with E-state index in [1.54, 1.807) is 17.9 Å². The largest absolute Gasteiger partial charge is 0.310 e. The Bertz CT molecular complexity index is 754. The van der Waals surface area contributed by atoms with Gasteiger partial charge < -0.3 is 4.98 Å². The summed E-state index contributed by atoms with van der Waals surface area (Å²) >= 11 is 3.40. The number of nitrogens with one attached hydrogen (secondary N) is 1. The summed E-state index contributed by atoms with van der Waals surface area (Å²) in [4.78, 5) is 18.5. The lowest BCUT2D eigenvalue weighted by Gasteiger charge is -1.96. The van der Waals surface area contributed by atoms with Crippen molar-refractivity contribution in [3.63, 3.8) is 0 Å². The summed E-state index contributed by atoms with van der Waals surface area (Å²) in [5.41, 5.74) is 1.48. The van der Waals surface area contributed by atoms with Gasteiger partial charge in [-0.1, -0.05) is 0 Å². The summed E-state index contributed by atoms with van der Waals surface area (Å²) in [6, 6.07) is 0. The Morgan fingerprint density at radius 1 is 1.41 bits per heavy atom. The number of imidazole rings is 1. The summed E-state index contributed by atoms with van der Waals surface area (Å²) in [6.45, 7) is 0. The molecule has 3 rings (SSSR count). The van der Waals surface area contributed by atoms with Gasteiger partial charge in [0.2, 0.25) is 0 Å². The molecule has 0 fully saturated rings. The molecular weight excluding hydrogens is 288 g/mol. The minimum Gasteiger partial charge on any atom is -0.310 e. The van der Waals surface area contributed by atoms with Crippen LogP contribution in [-0.2, 0) is 7.05 Å². The molecule has 0 radical (unpaired) electrons. The normalized spacial score (nSPS) is 11.2. The SMILES string of the molecule is Cn1ncc(-c2ncn3nc[nH]c(=O)c23)c1Br. The maximum Gasteiger partial charge on any atom is 0.277 e. The van der Waals surface area contributed by atoms with Gasteiger partial charge in [-0.3, -0.25) is 9.48 Å². The molecule has 3 aromatic heterocycles. The first kappa shape index (κ1) is 10.2. The first-order valence-corrected chi connectivity index (χ1v) is 5.56. The number of fused-ring (bicyclic) bond motifs is 1. The third-order valence-corrected chi connectivity index (χ3v) is 3.40. The first-order valence-electron chi connectivity index (χ1n) is 4.77. The quantitative estimate of drug-likeness (QED) is 0.712. The molecule has 0 amide bonds. The Balaban J connectivity index is 2.39. The van der Waals surface area contributed by atoms with E-state index in [1.165, 1.54) is 17.2 Å². The fourth-order valence-corrected chi connectivity index (χ4v) is 2.02. The molecule has 8 heteroatoms. The maximum absolute atomic E-state index is 11.8. The minimum absolute atomic E-state index is 0.233. The van der Waals surface area contributed by atoms with Crippen LogP contribution in [0.1, 0.15) is 0 Å². The Kier molecular flexibility index (Phi) is 2.11. The van der Waals surface area contributed by atoms with Crippen LogP contribution < -0.4 is 5.56 Å². The van der Waals surface area contributed by atoms with Gasteiger partial charge in [0, 0.05) is 7.05 Å². The zero-order valence-electron chi connectivity index (χ0n) is 8.75. The number of aromatic amines is 1. The predicted octanol–water partition coefficient (Wildman–Crippen LogP) is 0.581. The van der Waals surface area contributed by atoms with Crippen molar-refractivity contribution in [1.29, 1.82) is 0 Å². The number of nitrogens with zero attached hydrogens (tertiary/aromatic N) is 5. The van der Waals surface area contributed by atoms with E-state index in [-0.39, 0.29) is 5.56 Å². The Labute approximate surface area is 103 Å². The predicted molar refractivity (Wildman–Crippen MR) is 63.5 cm³/mol. The van der Waals surface area contributed by atoms with Gasteiger partial charge in [0.1, 0.15) is 23.0 Å². The van der Waals surface area contributed by atoms with E-state index in [2.05, 4.69) is 36.1 Å².